The first-order valence-electron chi connectivity index (χ1n) is 9.69. The molecule has 2 heterocycles. The van der Waals surface area contributed by atoms with Crippen LogP contribution in [0.3, 0.4) is 0 Å². The normalized spacial score (nSPS) is 11.2. The molecule has 2 aromatic carbocycles. The number of carbonyl (C=O) groups excluding carboxylic acids is 1. The van der Waals surface area contributed by atoms with Crippen molar-refractivity contribution in [3.63, 3.8) is 0 Å². The van der Waals surface area contributed by atoms with E-state index < -0.39 is 5.63 Å². The van der Waals surface area contributed by atoms with Gasteiger partial charge in [0.2, 0.25) is 5.91 Å². The lowest BCUT2D eigenvalue weighted by Crippen LogP contribution is -2.20. The first-order chi connectivity index (χ1) is 14.3. The van der Waals surface area contributed by atoms with Crippen LogP contribution in [-0.2, 0) is 11.2 Å². The summed E-state index contributed by atoms with van der Waals surface area (Å²) < 4.78 is 16.7. The molecule has 4 aromatic rings. The molecule has 154 valence electrons. The summed E-state index contributed by atoms with van der Waals surface area (Å²) in [7, 11) is 1.58. The Labute approximate surface area is 173 Å². The van der Waals surface area contributed by atoms with Crippen molar-refractivity contribution in [3.05, 3.63) is 68.8 Å². The first-order valence-corrected chi connectivity index (χ1v) is 9.69. The van der Waals surface area contributed by atoms with Crippen molar-refractivity contribution in [2.24, 2.45) is 0 Å². The Bertz CT molecular complexity index is 1340. The van der Waals surface area contributed by atoms with Crippen LogP contribution in [0, 0.1) is 27.7 Å². The number of ether oxygens (including phenoxy) is 1. The van der Waals surface area contributed by atoms with E-state index in [4.69, 9.17) is 13.6 Å². The number of methoxy groups -OCH3 is 1. The van der Waals surface area contributed by atoms with Gasteiger partial charge in [-0.05, 0) is 74.7 Å². The van der Waals surface area contributed by atoms with Crippen molar-refractivity contribution in [3.8, 4) is 5.75 Å². The van der Waals surface area contributed by atoms with E-state index in [1.807, 2.05) is 33.8 Å². The number of carbonyl (C=O) groups is 1. The maximum absolute atomic E-state index is 12.7. The lowest BCUT2D eigenvalue weighted by molar-refractivity contribution is -0.115. The summed E-state index contributed by atoms with van der Waals surface area (Å²) in [6, 6.07) is 8.85. The summed E-state index contributed by atoms with van der Waals surface area (Å²) in [6.45, 7) is 7.72. The van der Waals surface area contributed by atoms with Gasteiger partial charge in [-0.15, -0.1) is 0 Å². The number of furan rings is 1. The number of amides is 1. The lowest BCUT2D eigenvalue weighted by atomic mass is 9.98. The molecule has 30 heavy (non-hydrogen) atoms. The highest BCUT2D eigenvalue weighted by Crippen LogP contribution is 2.36. The van der Waals surface area contributed by atoms with Gasteiger partial charge in [0.15, 0.2) is 0 Å². The van der Waals surface area contributed by atoms with Crippen LogP contribution in [0.2, 0.25) is 0 Å². The fourth-order valence-electron chi connectivity index (χ4n) is 3.88. The smallest absolute Gasteiger partial charge is 0.340 e. The number of hydrogen-bond acceptors (Lipinski definition) is 5. The number of nitrogens with one attached hydrogen (secondary N) is 1. The molecule has 6 nitrogen and oxygen atoms in total. The summed E-state index contributed by atoms with van der Waals surface area (Å²) in [5.41, 5.74) is 4.35. The molecule has 0 unspecified atom stereocenters. The number of benzene rings is 2. The molecule has 6 heteroatoms. The number of rotatable bonds is 4. The molecule has 0 aliphatic heterocycles. The Morgan fingerprint density at radius 2 is 1.70 bits per heavy atom. The molecule has 4 rings (SSSR count). The molecule has 2 aromatic heterocycles. The molecule has 0 fully saturated rings. The van der Waals surface area contributed by atoms with E-state index in [-0.39, 0.29) is 12.3 Å². The van der Waals surface area contributed by atoms with Crippen LogP contribution in [0.25, 0.3) is 21.9 Å². The van der Waals surface area contributed by atoms with Crippen LogP contribution in [0.4, 0.5) is 5.69 Å². The third-order valence-corrected chi connectivity index (χ3v) is 5.59. The Hall–Kier alpha value is -3.54. The monoisotopic (exact) mass is 405 g/mol. The first kappa shape index (κ1) is 19.8. The van der Waals surface area contributed by atoms with Gasteiger partial charge in [-0.2, -0.15) is 0 Å². The SMILES string of the molecule is COc1ccc(NC(=O)Cc2c(C)c3c(cc(C)c4c(C)c(C)oc43)oc2=O)cc1. The maximum atomic E-state index is 12.7. The minimum Gasteiger partial charge on any atom is -0.497 e. The highest BCUT2D eigenvalue weighted by atomic mass is 16.5. The van der Waals surface area contributed by atoms with E-state index in [1.54, 1.807) is 31.4 Å². The zero-order chi connectivity index (χ0) is 21.6. The standard InChI is InChI=1S/C24H23NO5/c1-12-10-19-22(23-21(12)13(2)15(4)29-23)14(3)18(24(27)30-19)11-20(26)25-16-6-8-17(28-5)9-7-16/h6-10H,11H2,1-5H3,(H,25,26). The number of anilines is 1. The second-order valence-electron chi connectivity index (χ2n) is 7.50. The zero-order valence-corrected chi connectivity index (χ0v) is 17.6. The molecule has 0 aliphatic rings. The summed E-state index contributed by atoms with van der Waals surface area (Å²) in [5, 5.41) is 4.56. The van der Waals surface area contributed by atoms with Gasteiger partial charge in [-0.25, -0.2) is 4.79 Å². The predicted molar refractivity (Wildman–Crippen MR) is 117 cm³/mol. The molecular weight excluding hydrogens is 382 g/mol. The molecule has 0 saturated heterocycles. The van der Waals surface area contributed by atoms with Crippen molar-refractivity contribution in [2.45, 2.75) is 34.1 Å². The Morgan fingerprint density at radius 3 is 2.37 bits per heavy atom. The zero-order valence-electron chi connectivity index (χ0n) is 17.6. The molecule has 0 radical (unpaired) electrons. The van der Waals surface area contributed by atoms with Gasteiger partial charge >= 0.3 is 5.63 Å². The van der Waals surface area contributed by atoms with Gasteiger partial charge in [0, 0.05) is 11.1 Å². The second-order valence-corrected chi connectivity index (χ2v) is 7.50. The van der Waals surface area contributed by atoms with E-state index in [0.717, 1.165) is 27.7 Å². The largest absolute Gasteiger partial charge is 0.497 e. The van der Waals surface area contributed by atoms with Gasteiger partial charge in [0.05, 0.1) is 24.5 Å². The van der Waals surface area contributed by atoms with Crippen molar-refractivity contribution < 1.29 is 18.4 Å². The van der Waals surface area contributed by atoms with Crippen LogP contribution in [0.5, 0.6) is 5.75 Å². The quantitative estimate of drug-likeness (QED) is 0.485. The van der Waals surface area contributed by atoms with E-state index in [2.05, 4.69) is 5.32 Å². The van der Waals surface area contributed by atoms with Gasteiger partial charge in [0.1, 0.15) is 22.7 Å². The van der Waals surface area contributed by atoms with E-state index in [1.165, 1.54) is 0 Å². The number of hydrogen-bond donors (Lipinski definition) is 1. The van der Waals surface area contributed by atoms with Crippen LogP contribution in [0.1, 0.15) is 28.0 Å². The van der Waals surface area contributed by atoms with E-state index >= 15 is 0 Å². The van der Waals surface area contributed by atoms with Crippen LogP contribution in [0.15, 0.2) is 44.0 Å². The molecule has 0 atom stereocenters. The molecular formula is C24H23NO5. The molecule has 1 amide bonds. The summed E-state index contributed by atoms with van der Waals surface area (Å²) in [4.78, 5) is 25.3. The predicted octanol–water partition coefficient (Wildman–Crippen LogP) is 4.96. The minimum atomic E-state index is -0.511. The van der Waals surface area contributed by atoms with Crippen molar-refractivity contribution in [1.29, 1.82) is 0 Å². The summed E-state index contributed by atoms with van der Waals surface area (Å²) in [6.07, 6.45) is -0.0931. The third kappa shape index (κ3) is 3.24. The third-order valence-electron chi connectivity index (χ3n) is 5.59. The fourth-order valence-corrected chi connectivity index (χ4v) is 3.88. The molecule has 0 spiro atoms. The van der Waals surface area contributed by atoms with Crippen molar-refractivity contribution in [1.82, 2.24) is 0 Å². The summed E-state index contributed by atoms with van der Waals surface area (Å²) in [5.74, 6) is 1.22. The average Bonchev–Trinajstić information content (AvgIpc) is 3.00. The van der Waals surface area contributed by atoms with E-state index in [0.29, 0.717) is 33.7 Å². The van der Waals surface area contributed by atoms with Crippen molar-refractivity contribution in [2.75, 3.05) is 12.4 Å². The molecule has 0 saturated carbocycles. The number of fused-ring (bicyclic) bond motifs is 3. The minimum absolute atomic E-state index is 0.0931. The van der Waals surface area contributed by atoms with Gasteiger partial charge in [-0.1, -0.05) is 0 Å². The van der Waals surface area contributed by atoms with Crippen LogP contribution >= 0.6 is 0 Å². The lowest BCUT2D eigenvalue weighted by Gasteiger charge is -2.10. The fraction of sp³-hybridized carbons (Fsp3) is 0.250. The van der Waals surface area contributed by atoms with E-state index in [9.17, 15) is 9.59 Å². The maximum Gasteiger partial charge on any atom is 0.340 e. The highest BCUT2D eigenvalue weighted by molar-refractivity contribution is 6.07. The Balaban J connectivity index is 1.76. The van der Waals surface area contributed by atoms with Crippen LogP contribution < -0.4 is 15.7 Å². The second kappa shape index (κ2) is 7.37. The Morgan fingerprint density at radius 1 is 1.00 bits per heavy atom. The van der Waals surface area contributed by atoms with Gasteiger partial charge in [-0.3, -0.25) is 4.79 Å². The van der Waals surface area contributed by atoms with Crippen molar-refractivity contribution >= 4 is 33.5 Å². The number of aryl methyl sites for hydroxylation is 4. The molecule has 0 aliphatic carbocycles. The molecule has 0 bridgehead atoms. The molecule has 1 N–H and O–H groups in total. The Kier molecular flexibility index (Phi) is 4.86. The average molecular weight is 405 g/mol. The topological polar surface area (TPSA) is 81.7 Å². The summed E-state index contributed by atoms with van der Waals surface area (Å²) >= 11 is 0. The van der Waals surface area contributed by atoms with Crippen LogP contribution in [-0.4, -0.2) is 13.0 Å². The highest BCUT2D eigenvalue weighted by Gasteiger charge is 2.21. The van der Waals surface area contributed by atoms with Gasteiger partial charge in [0.25, 0.3) is 0 Å². The van der Waals surface area contributed by atoms with Gasteiger partial charge < -0.3 is 18.9 Å².